The summed E-state index contributed by atoms with van der Waals surface area (Å²) in [6, 6.07) is 7.55. The maximum atomic E-state index is 12.6. The second kappa shape index (κ2) is 6.13. The van der Waals surface area contributed by atoms with E-state index in [2.05, 4.69) is 20.6 Å². The van der Waals surface area contributed by atoms with Crippen LogP contribution in [0, 0.1) is 0 Å². The molecule has 1 amide bonds. The van der Waals surface area contributed by atoms with Gasteiger partial charge in [0.2, 0.25) is 5.91 Å². The minimum absolute atomic E-state index is 0.0362. The van der Waals surface area contributed by atoms with Gasteiger partial charge in [-0.3, -0.25) is 4.79 Å². The molecule has 1 N–H and O–H groups in total. The summed E-state index contributed by atoms with van der Waals surface area (Å²) in [4.78, 5) is 19.3. The van der Waals surface area contributed by atoms with Gasteiger partial charge in [-0.05, 0) is 49.9 Å². The number of nitrogens with one attached hydrogen (secondary N) is 1. The van der Waals surface area contributed by atoms with Crippen LogP contribution < -0.4 is 10.2 Å². The second-order valence-electron chi connectivity index (χ2n) is 6.17. The Morgan fingerprint density at radius 3 is 2.78 bits per heavy atom. The van der Waals surface area contributed by atoms with Crippen molar-refractivity contribution in [2.24, 2.45) is 0 Å². The lowest BCUT2D eigenvalue weighted by atomic mass is 10.2. The summed E-state index contributed by atoms with van der Waals surface area (Å²) in [6.07, 6.45) is 4.34. The van der Waals surface area contributed by atoms with E-state index in [0.717, 1.165) is 35.9 Å². The summed E-state index contributed by atoms with van der Waals surface area (Å²) in [7, 11) is 0. The van der Waals surface area contributed by atoms with Gasteiger partial charge in [0.25, 0.3) is 0 Å². The Balaban J connectivity index is 1.46. The number of anilines is 2. The maximum absolute atomic E-state index is 12.6. The summed E-state index contributed by atoms with van der Waals surface area (Å²) in [5, 5.41) is 6.50. The van der Waals surface area contributed by atoms with Crippen molar-refractivity contribution < 1.29 is 4.79 Å². The fourth-order valence-corrected chi connectivity index (χ4v) is 4.00. The largest absolute Gasteiger partial charge is 0.360 e. The molecule has 2 heterocycles. The van der Waals surface area contributed by atoms with Crippen LogP contribution in [-0.4, -0.2) is 23.5 Å². The van der Waals surface area contributed by atoms with Crippen LogP contribution in [0.25, 0.3) is 0 Å². The molecule has 0 spiro atoms. The quantitative estimate of drug-likeness (QED) is 0.897. The van der Waals surface area contributed by atoms with Gasteiger partial charge < -0.3 is 10.2 Å². The van der Waals surface area contributed by atoms with Crippen molar-refractivity contribution in [3.05, 3.63) is 40.4 Å². The van der Waals surface area contributed by atoms with Crippen LogP contribution in [0.15, 0.2) is 29.6 Å². The Morgan fingerprint density at radius 1 is 1.26 bits per heavy atom. The van der Waals surface area contributed by atoms with Crippen molar-refractivity contribution in [1.29, 1.82) is 0 Å². The summed E-state index contributed by atoms with van der Waals surface area (Å²) in [5.41, 5.74) is 2.18. The predicted molar refractivity (Wildman–Crippen MR) is 94.5 cm³/mol. The maximum Gasteiger partial charge on any atom is 0.248 e. The van der Waals surface area contributed by atoms with E-state index < -0.39 is 0 Å². The zero-order valence-corrected chi connectivity index (χ0v) is 14.2. The number of nitrogens with zero attached hydrogens (tertiary/aromatic N) is 2. The molecule has 23 heavy (non-hydrogen) atoms. The third-order valence-electron chi connectivity index (χ3n) is 4.46. The predicted octanol–water partition coefficient (Wildman–Crippen LogP) is 4.28. The monoisotopic (exact) mass is 347 g/mol. The second-order valence-corrected chi connectivity index (χ2v) is 7.46. The zero-order valence-electron chi connectivity index (χ0n) is 12.7. The Kier molecular flexibility index (Phi) is 3.99. The average Bonchev–Trinajstić information content (AvgIpc) is 3.09. The molecular formula is C17H18ClN3OS. The van der Waals surface area contributed by atoms with Crippen molar-refractivity contribution in [1.82, 2.24) is 4.98 Å². The zero-order chi connectivity index (χ0) is 15.8. The molecule has 6 heteroatoms. The fourth-order valence-electron chi connectivity index (χ4n) is 3.08. The summed E-state index contributed by atoms with van der Waals surface area (Å²) in [6.45, 7) is 0.894. The minimum Gasteiger partial charge on any atom is -0.360 e. The lowest BCUT2D eigenvalue weighted by Gasteiger charge is -2.25. The van der Waals surface area contributed by atoms with E-state index in [-0.39, 0.29) is 11.9 Å². The first-order valence-corrected chi connectivity index (χ1v) is 9.25. The van der Waals surface area contributed by atoms with Crippen LogP contribution >= 0.6 is 22.9 Å². The Labute approximate surface area is 144 Å². The Morgan fingerprint density at radius 2 is 2.04 bits per heavy atom. The molecule has 4 rings (SSSR count). The lowest BCUT2D eigenvalue weighted by Crippen LogP contribution is -2.39. The molecule has 1 aromatic carbocycles. The molecule has 2 aliphatic rings. The molecule has 1 atom stereocenters. The highest BCUT2D eigenvalue weighted by atomic mass is 35.5. The molecular weight excluding hydrogens is 330 g/mol. The topological polar surface area (TPSA) is 45.2 Å². The highest BCUT2D eigenvalue weighted by Crippen LogP contribution is 2.41. The lowest BCUT2D eigenvalue weighted by molar-refractivity contribution is -0.117. The number of hydrogen-bond acceptors (Lipinski definition) is 4. The number of aromatic nitrogens is 1. The number of rotatable bonds is 4. The number of carbonyl (C=O) groups is 1. The van der Waals surface area contributed by atoms with Crippen LogP contribution in [0.3, 0.4) is 0 Å². The van der Waals surface area contributed by atoms with Gasteiger partial charge in [0.1, 0.15) is 6.04 Å². The number of amides is 1. The molecule has 1 saturated carbocycles. The van der Waals surface area contributed by atoms with E-state index >= 15 is 0 Å². The standard InChI is InChI=1S/C17H18ClN3OS/c18-12-5-7-13(8-6-12)21-9-1-2-15(21)16(22)20-17-19-14(10-23-17)11-3-4-11/h5-8,10-11,15H,1-4,9H2,(H,19,20,22)/t15-/m0/s1. The van der Waals surface area contributed by atoms with Crippen molar-refractivity contribution in [3.8, 4) is 0 Å². The van der Waals surface area contributed by atoms with E-state index in [9.17, 15) is 4.79 Å². The first-order valence-electron chi connectivity index (χ1n) is 7.99. The van der Waals surface area contributed by atoms with Gasteiger partial charge >= 0.3 is 0 Å². The fraction of sp³-hybridized carbons (Fsp3) is 0.412. The molecule has 2 fully saturated rings. The molecule has 0 unspecified atom stereocenters. The van der Waals surface area contributed by atoms with Crippen LogP contribution in [0.2, 0.25) is 5.02 Å². The van der Waals surface area contributed by atoms with E-state index in [4.69, 9.17) is 11.6 Å². The molecule has 2 aromatic rings. The number of thiazole rings is 1. The van der Waals surface area contributed by atoms with Gasteiger partial charge in [0, 0.05) is 28.6 Å². The Bertz CT molecular complexity index is 711. The molecule has 4 nitrogen and oxygen atoms in total. The summed E-state index contributed by atoms with van der Waals surface area (Å²) < 4.78 is 0. The Hall–Kier alpha value is -1.59. The van der Waals surface area contributed by atoms with Gasteiger partial charge in [-0.25, -0.2) is 4.98 Å². The summed E-state index contributed by atoms with van der Waals surface area (Å²) >= 11 is 7.48. The van der Waals surface area contributed by atoms with Crippen molar-refractivity contribution in [2.75, 3.05) is 16.8 Å². The molecule has 1 aliphatic heterocycles. The molecule has 0 radical (unpaired) electrons. The highest BCUT2D eigenvalue weighted by molar-refractivity contribution is 7.13. The van der Waals surface area contributed by atoms with Crippen molar-refractivity contribution in [2.45, 2.75) is 37.6 Å². The third kappa shape index (κ3) is 3.21. The van der Waals surface area contributed by atoms with Crippen LogP contribution in [0.1, 0.15) is 37.3 Å². The molecule has 1 saturated heterocycles. The van der Waals surface area contributed by atoms with Crippen LogP contribution in [0.5, 0.6) is 0 Å². The molecule has 0 bridgehead atoms. The van der Waals surface area contributed by atoms with Gasteiger partial charge in [-0.2, -0.15) is 0 Å². The van der Waals surface area contributed by atoms with Gasteiger partial charge in [0.05, 0.1) is 5.69 Å². The molecule has 1 aliphatic carbocycles. The minimum atomic E-state index is -0.135. The van der Waals surface area contributed by atoms with Crippen LogP contribution in [0.4, 0.5) is 10.8 Å². The first-order chi connectivity index (χ1) is 11.2. The molecule has 120 valence electrons. The first kappa shape index (κ1) is 15.0. The number of hydrogen-bond donors (Lipinski definition) is 1. The van der Waals surface area contributed by atoms with Crippen LogP contribution in [-0.2, 0) is 4.79 Å². The highest BCUT2D eigenvalue weighted by Gasteiger charge is 2.32. The third-order valence-corrected chi connectivity index (χ3v) is 5.49. The number of benzene rings is 1. The smallest absolute Gasteiger partial charge is 0.248 e. The number of carbonyl (C=O) groups excluding carboxylic acids is 1. The van der Waals surface area contributed by atoms with E-state index in [0.29, 0.717) is 10.9 Å². The molecule has 1 aromatic heterocycles. The number of halogens is 1. The summed E-state index contributed by atoms with van der Waals surface area (Å²) in [5.74, 6) is 0.656. The van der Waals surface area contributed by atoms with Gasteiger partial charge in [-0.1, -0.05) is 11.6 Å². The SMILES string of the molecule is O=C(Nc1nc(C2CC2)cs1)[C@@H]1CCCN1c1ccc(Cl)cc1. The van der Waals surface area contributed by atoms with Crippen molar-refractivity contribution >= 4 is 39.7 Å². The normalized spacial score (nSPS) is 20.7. The van der Waals surface area contributed by atoms with E-state index in [1.54, 1.807) is 0 Å². The van der Waals surface area contributed by atoms with E-state index in [1.165, 1.54) is 24.2 Å². The van der Waals surface area contributed by atoms with E-state index in [1.807, 2.05) is 24.3 Å². The van der Waals surface area contributed by atoms with Gasteiger partial charge in [-0.15, -0.1) is 11.3 Å². The van der Waals surface area contributed by atoms with Crippen molar-refractivity contribution in [3.63, 3.8) is 0 Å². The van der Waals surface area contributed by atoms with Gasteiger partial charge in [0.15, 0.2) is 5.13 Å². The average molecular weight is 348 g/mol.